The molecule has 0 N–H and O–H groups in total. The molecule has 0 saturated carbocycles. The van der Waals surface area contributed by atoms with E-state index in [4.69, 9.17) is 14.2 Å². The molecule has 0 fully saturated rings. The number of hydrogen-bond acceptors (Lipinski definition) is 6. The van der Waals surface area contributed by atoms with E-state index in [9.17, 15) is 14.4 Å². The van der Waals surface area contributed by atoms with Gasteiger partial charge >= 0.3 is 17.9 Å². The molecule has 0 aromatic heterocycles. The van der Waals surface area contributed by atoms with Crippen molar-refractivity contribution in [1.82, 2.24) is 0 Å². The molecule has 6 heteroatoms. The summed E-state index contributed by atoms with van der Waals surface area (Å²) in [5.74, 6) is -1.02. The molecule has 0 aliphatic carbocycles. The van der Waals surface area contributed by atoms with Gasteiger partial charge in [0.15, 0.2) is 6.10 Å². The highest BCUT2D eigenvalue weighted by Gasteiger charge is 2.19. The summed E-state index contributed by atoms with van der Waals surface area (Å²) in [6.07, 6.45) is 64.5. The Labute approximate surface area is 382 Å². The zero-order valence-corrected chi connectivity index (χ0v) is 40.4. The number of esters is 3. The van der Waals surface area contributed by atoms with Crippen LogP contribution in [0.25, 0.3) is 0 Å². The van der Waals surface area contributed by atoms with E-state index in [2.05, 4.69) is 106 Å². The van der Waals surface area contributed by atoms with Gasteiger partial charge in [0.25, 0.3) is 0 Å². The van der Waals surface area contributed by atoms with Crippen molar-refractivity contribution in [2.75, 3.05) is 13.2 Å². The van der Waals surface area contributed by atoms with Gasteiger partial charge in [-0.1, -0.05) is 196 Å². The Morgan fingerprint density at radius 2 is 0.694 bits per heavy atom. The van der Waals surface area contributed by atoms with Gasteiger partial charge in [0, 0.05) is 19.3 Å². The van der Waals surface area contributed by atoms with Gasteiger partial charge in [-0.15, -0.1) is 0 Å². The van der Waals surface area contributed by atoms with Crippen LogP contribution in [0.1, 0.15) is 233 Å². The van der Waals surface area contributed by atoms with Crippen molar-refractivity contribution >= 4 is 17.9 Å². The maximum Gasteiger partial charge on any atom is 0.306 e. The fraction of sp³-hybridized carbons (Fsp3) is 0.696. The van der Waals surface area contributed by atoms with Crippen LogP contribution in [-0.4, -0.2) is 37.2 Å². The van der Waals surface area contributed by atoms with Crippen molar-refractivity contribution in [3.05, 3.63) is 85.1 Å². The number of rotatable bonds is 45. The van der Waals surface area contributed by atoms with E-state index in [1.54, 1.807) is 0 Å². The molecule has 6 nitrogen and oxygen atoms in total. The van der Waals surface area contributed by atoms with E-state index in [0.29, 0.717) is 19.3 Å². The number of carbonyl (C=O) groups is 3. The SMILES string of the molecule is CC/C=C\C/C=C\CCCCC(=O)OCC(COC(=O)CCCCCCC/C=C\C=C/CCCCCCCCC)OC(=O)CCC/C=C\C/C=C\C/C=C\CCCCCCCC. The Kier molecular flexibility index (Phi) is 47.5. The maximum atomic E-state index is 12.7. The standard InChI is InChI=1S/C56H94O6/c1-4-7-10-13-16-19-21-23-25-27-29-30-32-34-37-40-43-46-49-55(58)61-52-53(51-60-54(57)48-45-42-39-36-18-15-12-9-6-3)62-56(59)50-47-44-41-38-35-33-31-28-26-24-22-20-17-14-11-8-5-2/h9,12,18,24-27,29-31,33,36,38,41,53H,4-8,10-11,13-17,19-23,28,32,34-35,37,39-40,42-52H2,1-3H3/b12-9-,26-24-,27-25-,30-29-,33-31-,36-18-,41-38-. The van der Waals surface area contributed by atoms with Gasteiger partial charge in [-0.25, -0.2) is 0 Å². The van der Waals surface area contributed by atoms with Crippen LogP contribution >= 0.6 is 0 Å². The Balaban J connectivity index is 4.46. The topological polar surface area (TPSA) is 78.9 Å². The normalized spacial score (nSPS) is 12.8. The summed E-state index contributed by atoms with van der Waals surface area (Å²) < 4.78 is 16.7. The molecule has 0 aromatic carbocycles. The minimum Gasteiger partial charge on any atom is -0.462 e. The summed E-state index contributed by atoms with van der Waals surface area (Å²) in [7, 11) is 0. The van der Waals surface area contributed by atoms with Gasteiger partial charge < -0.3 is 14.2 Å². The van der Waals surface area contributed by atoms with E-state index in [1.807, 2.05) is 0 Å². The van der Waals surface area contributed by atoms with Gasteiger partial charge in [-0.2, -0.15) is 0 Å². The second kappa shape index (κ2) is 50.2. The second-order valence-corrected chi connectivity index (χ2v) is 16.7. The fourth-order valence-electron chi connectivity index (χ4n) is 6.78. The smallest absolute Gasteiger partial charge is 0.306 e. The average molecular weight is 863 g/mol. The average Bonchev–Trinajstić information content (AvgIpc) is 3.27. The molecule has 1 atom stereocenters. The number of unbranched alkanes of at least 4 members (excludes halogenated alkanes) is 21. The minimum atomic E-state index is -0.821. The van der Waals surface area contributed by atoms with Crippen LogP contribution < -0.4 is 0 Å². The third-order valence-corrected chi connectivity index (χ3v) is 10.6. The fourth-order valence-corrected chi connectivity index (χ4v) is 6.78. The molecule has 0 spiro atoms. The molecule has 0 heterocycles. The van der Waals surface area contributed by atoms with E-state index in [0.717, 1.165) is 89.9 Å². The lowest BCUT2D eigenvalue weighted by molar-refractivity contribution is -0.167. The number of ether oxygens (including phenoxy) is 3. The Bertz CT molecular complexity index is 1220. The quantitative estimate of drug-likeness (QED) is 0.0199. The van der Waals surface area contributed by atoms with E-state index < -0.39 is 6.10 Å². The molecule has 0 aromatic rings. The maximum absolute atomic E-state index is 12.7. The number of allylic oxidation sites excluding steroid dienone is 14. The first-order chi connectivity index (χ1) is 30.5. The lowest BCUT2D eigenvalue weighted by Gasteiger charge is -2.18. The van der Waals surface area contributed by atoms with Crippen LogP contribution in [0.3, 0.4) is 0 Å². The van der Waals surface area contributed by atoms with Crippen LogP contribution in [-0.2, 0) is 28.6 Å². The number of hydrogen-bond donors (Lipinski definition) is 0. The molecule has 0 aliphatic rings. The molecular formula is C56H94O6. The van der Waals surface area contributed by atoms with Gasteiger partial charge in [0.05, 0.1) is 0 Å². The summed E-state index contributed by atoms with van der Waals surface area (Å²) in [6.45, 7) is 6.41. The third kappa shape index (κ3) is 47.6. The van der Waals surface area contributed by atoms with Crippen LogP contribution in [0, 0.1) is 0 Å². The van der Waals surface area contributed by atoms with Crippen molar-refractivity contribution in [1.29, 1.82) is 0 Å². The zero-order valence-electron chi connectivity index (χ0n) is 40.4. The predicted octanol–water partition coefficient (Wildman–Crippen LogP) is 16.8. The second-order valence-electron chi connectivity index (χ2n) is 16.7. The van der Waals surface area contributed by atoms with E-state index in [-0.39, 0.29) is 37.5 Å². The Hall–Kier alpha value is -3.41. The first-order valence-corrected chi connectivity index (χ1v) is 25.6. The zero-order chi connectivity index (χ0) is 45.1. The molecule has 0 saturated heterocycles. The van der Waals surface area contributed by atoms with Gasteiger partial charge in [-0.05, 0) is 103 Å². The summed E-state index contributed by atoms with van der Waals surface area (Å²) in [5.41, 5.74) is 0. The molecule has 0 bridgehead atoms. The summed E-state index contributed by atoms with van der Waals surface area (Å²) in [6, 6.07) is 0. The highest BCUT2D eigenvalue weighted by Crippen LogP contribution is 2.12. The molecule has 0 rings (SSSR count). The van der Waals surface area contributed by atoms with E-state index in [1.165, 1.54) is 96.3 Å². The predicted molar refractivity (Wildman–Crippen MR) is 265 cm³/mol. The molecule has 0 amide bonds. The summed E-state index contributed by atoms with van der Waals surface area (Å²) >= 11 is 0. The lowest BCUT2D eigenvalue weighted by atomic mass is 10.1. The molecule has 354 valence electrons. The highest BCUT2D eigenvalue weighted by molar-refractivity contribution is 5.71. The molecular weight excluding hydrogens is 769 g/mol. The van der Waals surface area contributed by atoms with Crippen molar-refractivity contribution < 1.29 is 28.6 Å². The van der Waals surface area contributed by atoms with Crippen molar-refractivity contribution in [2.45, 2.75) is 239 Å². The van der Waals surface area contributed by atoms with Crippen molar-refractivity contribution in [2.24, 2.45) is 0 Å². The number of carbonyl (C=O) groups excluding carboxylic acids is 3. The summed E-state index contributed by atoms with van der Waals surface area (Å²) in [5, 5.41) is 0. The Morgan fingerprint density at radius 1 is 0.355 bits per heavy atom. The monoisotopic (exact) mass is 863 g/mol. The van der Waals surface area contributed by atoms with Crippen LogP contribution in [0.4, 0.5) is 0 Å². The van der Waals surface area contributed by atoms with E-state index >= 15 is 0 Å². The molecule has 0 radical (unpaired) electrons. The molecule has 1 unspecified atom stereocenters. The lowest BCUT2D eigenvalue weighted by Crippen LogP contribution is -2.30. The summed E-state index contributed by atoms with van der Waals surface area (Å²) in [4.78, 5) is 37.8. The highest BCUT2D eigenvalue weighted by atomic mass is 16.6. The van der Waals surface area contributed by atoms with Crippen LogP contribution in [0.5, 0.6) is 0 Å². The van der Waals surface area contributed by atoms with Gasteiger partial charge in [0.2, 0.25) is 0 Å². The first kappa shape index (κ1) is 58.6. The van der Waals surface area contributed by atoms with Gasteiger partial charge in [0.1, 0.15) is 13.2 Å². The van der Waals surface area contributed by atoms with Crippen LogP contribution in [0.2, 0.25) is 0 Å². The van der Waals surface area contributed by atoms with Gasteiger partial charge in [-0.3, -0.25) is 14.4 Å². The molecule has 62 heavy (non-hydrogen) atoms. The minimum absolute atomic E-state index is 0.116. The third-order valence-electron chi connectivity index (χ3n) is 10.6. The van der Waals surface area contributed by atoms with Crippen LogP contribution in [0.15, 0.2) is 85.1 Å². The molecule has 0 aliphatic heterocycles. The van der Waals surface area contributed by atoms with Crippen molar-refractivity contribution in [3.63, 3.8) is 0 Å². The first-order valence-electron chi connectivity index (χ1n) is 25.6. The Morgan fingerprint density at radius 3 is 1.16 bits per heavy atom. The largest absolute Gasteiger partial charge is 0.462 e. The van der Waals surface area contributed by atoms with Crippen molar-refractivity contribution in [3.8, 4) is 0 Å².